The van der Waals surface area contributed by atoms with Gasteiger partial charge in [-0.3, -0.25) is 0 Å². The van der Waals surface area contributed by atoms with Crippen LogP contribution in [-0.4, -0.2) is 0 Å². The van der Waals surface area contributed by atoms with Gasteiger partial charge in [0.2, 0.25) is 0 Å². The maximum absolute atomic E-state index is 10.7. The summed E-state index contributed by atoms with van der Waals surface area (Å²) in [5, 5.41) is 4.26. The minimum absolute atomic E-state index is 0. The van der Waals surface area contributed by atoms with Crippen LogP contribution in [0.15, 0.2) is 47.2 Å². The van der Waals surface area contributed by atoms with Gasteiger partial charge in [-0.1, -0.05) is 30.3 Å². The van der Waals surface area contributed by atoms with E-state index in [9.17, 15) is 25.2 Å². The molecule has 9 heteroatoms. The van der Waals surface area contributed by atoms with Gasteiger partial charge >= 0.3 is 34.4 Å². The van der Waals surface area contributed by atoms with Gasteiger partial charge in [-0.25, -0.2) is 0 Å². The van der Waals surface area contributed by atoms with Crippen LogP contribution in [0.3, 0.4) is 0 Å². The van der Waals surface area contributed by atoms with Gasteiger partial charge < -0.3 is 0 Å². The molecule has 19 heavy (non-hydrogen) atoms. The number of rotatable bonds is 1. The molecule has 0 aliphatic rings. The van der Waals surface area contributed by atoms with Crippen molar-refractivity contribution in [2.45, 2.75) is 0 Å². The fourth-order valence-corrected chi connectivity index (χ4v) is 1.72. The van der Waals surface area contributed by atoms with Gasteiger partial charge in [0, 0.05) is 0 Å². The molecule has 1 aromatic carbocycles. The fourth-order valence-electron chi connectivity index (χ4n) is 1.06. The molecule has 1 aromatic heterocycles. The van der Waals surface area contributed by atoms with E-state index >= 15 is 0 Å². The molecular weight excluding hydrogens is 329 g/mol. The number of hydrogen-bond acceptors (Lipinski definition) is 1. The standard InChI is InChI=1S/C10H8S.F6P.H2S/c1-2-4-9(5-3-1)10-6-7-11-8-10;1-7(2,3,4,5)6;/h1-8H;;1H2/q;-1;/p+1. The van der Waals surface area contributed by atoms with Crippen molar-refractivity contribution in [1.29, 1.82) is 0 Å². The monoisotopic (exact) mass is 340 g/mol. The summed E-state index contributed by atoms with van der Waals surface area (Å²) >= 11 is 1.73. The largest absolute Gasteiger partial charge is 1.00 e. The van der Waals surface area contributed by atoms with Gasteiger partial charge in [0.05, 0.1) is 0 Å². The summed E-state index contributed by atoms with van der Waals surface area (Å²) in [6.45, 7) is 0. The van der Waals surface area contributed by atoms with Gasteiger partial charge in [-0.2, -0.15) is 24.8 Å². The van der Waals surface area contributed by atoms with Gasteiger partial charge in [0.1, 0.15) is 0 Å². The van der Waals surface area contributed by atoms with E-state index in [-0.39, 0.29) is 14.9 Å². The zero-order valence-corrected chi connectivity index (χ0v) is 12.0. The van der Waals surface area contributed by atoms with E-state index in [4.69, 9.17) is 0 Å². The molecule has 1 heterocycles. The molecule has 0 bridgehead atoms. The zero-order valence-electron chi connectivity index (χ0n) is 10.2. The first-order chi connectivity index (χ1) is 7.92. The molecule has 0 unspecified atom stereocenters. The Balaban J connectivity index is 0. The topological polar surface area (TPSA) is 0 Å². The molecule has 0 aliphatic carbocycles. The van der Waals surface area contributed by atoms with Crippen LogP contribution in [0.5, 0.6) is 0 Å². The van der Waals surface area contributed by atoms with E-state index in [1.807, 2.05) is 6.07 Å². The van der Waals surface area contributed by atoms with Crippen LogP contribution in [-0.2, 0) is 0 Å². The molecule has 0 amide bonds. The Morgan fingerprint density at radius 3 is 1.63 bits per heavy atom. The quantitative estimate of drug-likeness (QED) is 0.386. The van der Waals surface area contributed by atoms with Gasteiger partial charge in [0.15, 0.2) is 0 Å². The average molecular weight is 340 g/mol. The molecule has 2 rings (SSSR count). The Bertz CT molecular complexity index is 485. The maximum Gasteiger partial charge on any atom is 1.00 e. The minimum Gasteiger partial charge on any atom is -0.197 e. The molecule has 0 N–H and O–H groups in total. The summed E-state index contributed by atoms with van der Waals surface area (Å²) < 4.78 is 59.2. The smallest absolute Gasteiger partial charge is 0.197 e. The van der Waals surface area contributed by atoms with Crippen LogP contribution in [0, 0.1) is 0 Å². The Kier molecular flexibility index (Phi) is 5.14. The summed E-state index contributed by atoms with van der Waals surface area (Å²) in [5.41, 5.74) is 2.62. The molecule has 0 atom stereocenters. The Hall–Kier alpha value is -0.720. The maximum atomic E-state index is 9.87. The predicted octanol–water partition coefficient (Wildman–Crippen LogP) is 7.02. The Morgan fingerprint density at radius 2 is 1.26 bits per heavy atom. The molecular formula is C10H11F6PS2. The first-order valence-corrected chi connectivity index (χ1v) is 7.53. The number of thiophene rings is 1. The summed E-state index contributed by atoms with van der Waals surface area (Å²) in [7, 11) is -10.7. The van der Waals surface area contributed by atoms with E-state index in [0.29, 0.717) is 0 Å². The van der Waals surface area contributed by atoms with Crippen molar-refractivity contribution in [1.82, 2.24) is 0 Å². The predicted molar refractivity (Wildman–Crippen MR) is 74.8 cm³/mol. The number of hydrogen-bond donors (Lipinski definition) is 0. The third kappa shape index (κ3) is 12.1. The van der Waals surface area contributed by atoms with Crippen LogP contribution in [0.1, 0.15) is 1.43 Å². The van der Waals surface area contributed by atoms with Crippen LogP contribution >= 0.6 is 32.6 Å². The van der Waals surface area contributed by atoms with E-state index < -0.39 is 7.81 Å². The second-order valence-electron chi connectivity index (χ2n) is 3.34. The van der Waals surface area contributed by atoms with E-state index in [0.717, 1.165) is 0 Å². The Labute approximate surface area is 118 Å². The van der Waals surface area contributed by atoms with Crippen molar-refractivity contribution in [3.63, 3.8) is 0 Å². The second-order valence-corrected chi connectivity index (χ2v) is 6.03. The Morgan fingerprint density at radius 1 is 0.789 bits per heavy atom. The van der Waals surface area contributed by atoms with Crippen molar-refractivity contribution in [3.8, 4) is 11.1 Å². The van der Waals surface area contributed by atoms with Gasteiger partial charge in [-0.15, -0.1) is 0 Å². The summed E-state index contributed by atoms with van der Waals surface area (Å²) in [6, 6.07) is 12.6. The van der Waals surface area contributed by atoms with Gasteiger partial charge in [-0.05, 0) is 28.0 Å². The molecule has 0 nitrogen and oxygen atoms in total. The molecule has 0 saturated heterocycles. The molecule has 0 saturated carbocycles. The van der Waals surface area contributed by atoms with Crippen molar-refractivity contribution in [3.05, 3.63) is 47.2 Å². The van der Waals surface area contributed by atoms with Crippen LogP contribution in [0.4, 0.5) is 25.2 Å². The van der Waals surface area contributed by atoms with Crippen molar-refractivity contribution >= 4 is 32.6 Å². The average Bonchev–Trinajstić information content (AvgIpc) is 2.67. The number of benzene rings is 1. The van der Waals surface area contributed by atoms with Crippen LogP contribution in [0.25, 0.3) is 11.1 Å². The summed E-state index contributed by atoms with van der Waals surface area (Å²) in [4.78, 5) is 0. The van der Waals surface area contributed by atoms with Crippen molar-refractivity contribution in [2.24, 2.45) is 0 Å². The first kappa shape index (κ1) is 18.3. The number of halogens is 6. The van der Waals surface area contributed by atoms with E-state index in [1.165, 1.54) is 11.1 Å². The van der Waals surface area contributed by atoms with Crippen LogP contribution < -0.4 is 0 Å². The van der Waals surface area contributed by atoms with E-state index in [1.54, 1.807) is 11.3 Å². The molecule has 0 aliphatic heterocycles. The fraction of sp³-hybridized carbons (Fsp3) is 0. The van der Waals surface area contributed by atoms with E-state index in [2.05, 4.69) is 41.1 Å². The van der Waals surface area contributed by atoms with Crippen LogP contribution in [0.2, 0.25) is 0 Å². The third-order valence-electron chi connectivity index (χ3n) is 1.63. The van der Waals surface area contributed by atoms with Crippen molar-refractivity contribution < 1.29 is 26.6 Å². The minimum atomic E-state index is -10.7. The normalized spacial score (nSPS) is 14.2. The van der Waals surface area contributed by atoms with Gasteiger partial charge in [0.25, 0.3) is 0 Å². The summed E-state index contributed by atoms with van der Waals surface area (Å²) in [6.07, 6.45) is 0. The molecule has 110 valence electrons. The molecule has 0 fully saturated rings. The molecule has 2 aromatic rings. The second kappa shape index (κ2) is 5.34. The first-order valence-electron chi connectivity index (χ1n) is 4.56. The molecule has 0 radical (unpaired) electrons. The zero-order chi connectivity index (χ0) is 13.9. The molecule has 0 spiro atoms. The van der Waals surface area contributed by atoms with Crippen molar-refractivity contribution in [2.75, 3.05) is 0 Å². The SMILES string of the molecule is F[P-](F)(F)(F)(F)F.S.[H+].c1ccc(-c2ccsc2)cc1. The summed E-state index contributed by atoms with van der Waals surface area (Å²) in [5.74, 6) is 0. The third-order valence-corrected chi connectivity index (χ3v) is 2.31.